The summed E-state index contributed by atoms with van der Waals surface area (Å²) in [6.45, 7) is 0.622. The minimum Gasteiger partial charge on any atom is -0.493 e. The summed E-state index contributed by atoms with van der Waals surface area (Å²) in [4.78, 5) is 0. The van der Waals surface area contributed by atoms with Crippen molar-refractivity contribution in [2.75, 3.05) is 27.4 Å². The van der Waals surface area contributed by atoms with Crippen LogP contribution in [0.1, 0.15) is 5.56 Å². The second kappa shape index (κ2) is 7.11. The van der Waals surface area contributed by atoms with Crippen LogP contribution in [0.5, 0.6) is 11.5 Å². The summed E-state index contributed by atoms with van der Waals surface area (Å²) in [5.74, 6) is 1.36. The highest BCUT2D eigenvalue weighted by atomic mass is 16.5. The van der Waals surface area contributed by atoms with Crippen molar-refractivity contribution in [3.63, 3.8) is 0 Å². The molecule has 1 aromatic rings. The van der Waals surface area contributed by atoms with Crippen molar-refractivity contribution in [3.8, 4) is 11.5 Å². The fraction of sp³-hybridized carbons (Fsp3) is 0.500. The summed E-state index contributed by atoms with van der Waals surface area (Å²) < 4.78 is 10.5. The third kappa shape index (κ3) is 3.89. The third-order valence-electron chi connectivity index (χ3n) is 2.39. The van der Waals surface area contributed by atoms with Crippen molar-refractivity contribution in [1.82, 2.24) is 5.32 Å². The van der Waals surface area contributed by atoms with E-state index in [2.05, 4.69) is 5.32 Å². The summed E-state index contributed by atoms with van der Waals surface area (Å²) in [7, 11) is 3.18. The van der Waals surface area contributed by atoms with E-state index in [4.69, 9.17) is 14.6 Å². The predicted molar refractivity (Wildman–Crippen MR) is 64.3 cm³/mol. The first kappa shape index (κ1) is 13.8. The van der Waals surface area contributed by atoms with Crippen LogP contribution in [0.3, 0.4) is 0 Å². The first-order valence-electron chi connectivity index (χ1n) is 5.42. The minimum absolute atomic E-state index is 0.248. The zero-order chi connectivity index (χ0) is 12.7. The molecule has 96 valence electrons. The van der Waals surface area contributed by atoms with E-state index in [0.717, 1.165) is 5.56 Å². The van der Waals surface area contributed by atoms with E-state index in [-0.39, 0.29) is 6.61 Å². The number of para-hydroxylation sites is 1. The number of benzene rings is 1. The Morgan fingerprint density at radius 2 is 2.06 bits per heavy atom. The number of aliphatic hydroxyl groups is 2. The average molecular weight is 241 g/mol. The van der Waals surface area contributed by atoms with Crippen molar-refractivity contribution < 1.29 is 19.7 Å². The van der Waals surface area contributed by atoms with Gasteiger partial charge in [0, 0.05) is 18.7 Å². The van der Waals surface area contributed by atoms with E-state index < -0.39 is 6.10 Å². The second-order valence-electron chi connectivity index (χ2n) is 3.62. The van der Waals surface area contributed by atoms with E-state index in [1.807, 2.05) is 18.2 Å². The van der Waals surface area contributed by atoms with E-state index in [1.165, 1.54) is 0 Å². The molecule has 0 aliphatic heterocycles. The maximum Gasteiger partial charge on any atom is 0.165 e. The lowest BCUT2D eigenvalue weighted by Crippen LogP contribution is -2.29. The number of aliphatic hydroxyl groups excluding tert-OH is 2. The molecule has 0 saturated carbocycles. The SMILES string of the molecule is COc1cccc(CNC[C@@H](O)CO)c1OC. The largest absolute Gasteiger partial charge is 0.493 e. The quantitative estimate of drug-likeness (QED) is 0.633. The summed E-state index contributed by atoms with van der Waals surface area (Å²) in [6.07, 6.45) is -0.744. The van der Waals surface area contributed by atoms with E-state index in [1.54, 1.807) is 14.2 Å². The molecular formula is C12H19NO4. The number of nitrogens with one attached hydrogen (secondary N) is 1. The van der Waals surface area contributed by atoms with Gasteiger partial charge in [0.1, 0.15) is 0 Å². The lowest BCUT2D eigenvalue weighted by molar-refractivity contribution is 0.0941. The Morgan fingerprint density at radius 1 is 1.29 bits per heavy atom. The Balaban J connectivity index is 2.64. The molecule has 0 aliphatic carbocycles. The van der Waals surface area contributed by atoms with Crippen molar-refractivity contribution in [2.24, 2.45) is 0 Å². The van der Waals surface area contributed by atoms with Crippen molar-refractivity contribution in [3.05, 3.63) is 23.8 Å². The van der Waals surface area contributed by atoms with Gasteiger partial charge in [-0.3, -0.25) is 0 Å². The van der Waals surface area contributed by atoms with Crippen molar-refractivity contribution in [2.45, 2.75) is 12.6 Å². The first-order chi connectivity index (χ1) is 8.22. The molecule has 1 atom stereocenters. The van der Waals surface area contributed by atoms with Gasteiger partial charge < -0.3 is 25.0 Å². The van der Waals surface area contributed by atoms with Gasteiger partial charge in [-0.15, -0.1) is 0 Å². The van der Waals surface area contributed by atoms with Crippen LogP contribution < -0.4 is 14.8 Å². The summed E-state index contributed by atoms with van der Waals surface area (Å²) >= 11 is 0. The molecule has 0 bridgehead atoms. The second-order valence-corrected chi connectivity index (χ2v) is 3.62. The van der Waals surface area contributed by atoms with E-state index in [9.17, 15) is 5.11 Å². The number of hydrogen-bond donors (Lipinski definition) is 3. The zero-order valence-corrected chi connectivity index (χ0v) is 10.1. The highest BCUT2D eigenvalue weighted by Crippen LogP contribution is 2.30. The molecule has 0 saturated heterocycles. The molecule has 17 heavy (non-hydrogen) atoms. The number of ether oxygens (including phenoxy) is 2. The third-order valence-corrected chi connectivity index (χ3v) is 2.39. The highest BCUT2D eigenvalue weighted by molar-refractivity contribution is 5.46. The Labute approximate surface area is 101 Å². The van der Waals surface area contributed by atoms with Gasteiger partial charge in [-0.05, 0) is 6.07 Å². The lowest BCUT2D eigenvalue weighted by Gasteiger charge is -2.14. The van der Waals surface area contributed by atoms with Gasteiger partial charge in [0.25, 0.3) is 0 Å². The van der Waals surface area contributed by atoms with E-state index in [0.29, 0.717) is 24.6 Å². The van der Waals surface area contributed by atoms with Crippen LogP contribution in [0.15, 0.2) is 18.2 Å². The molecule has 0 radical (unpaired) electrons. The molecule has 1 aromatic carbocycles. The Bertz CT molecular complexity index is 343. The predicted octanol–water partition coefficient (Wildman–Crippen LogP) is 0.147. The Kier molecular flexibility index (Phi) is 5.76. The van der Waals surface area contributed by atoms with Gasteiger partial charge in [-0.1, -0.05) is 12.1 Å². The molecule has 5 nitrogen and oxygen atoms in total. The summed E-state index contributed by atoms with van der Waals surface area (Å²) in [5, 5.41) is 20.9. The highest BCUT2D eigenvalue weighted by Gasteiger charge is 2.09. The minimum atomic E-state index is -0.744. The average Bonchev–Trinajstić information content (AvgIpc) is 2.37. The maximum atomic E-state index is 9.19. The summed E-state index contributed by atoms with van der Waals surface area (Å²) in [5.41, 5.74) is 0.942. The molecule has 0 heterocycles. The summed E-state index contributed by atoms with van der Waals surface area (Å²) in [6, 6.07) is 5.62. The standard InChI is InChI=1S/C12H19NO4/c1-16-11-5-3-4-9(12(11)17-2)6-13-7-10(15)8-14/h3-5,10,13-15H,6-8H2,1-2H3/t10-/m1/s1. The van der Waals surface area contributed by atoms with Gasteiger partial charge in [0.05, 0.1) is 26.9 Å². The van der Waals surface area contributed by atoms with Crippen LogP contribution in [0.2, 0.25) is 0 Å². The molecule has 0 spiro atoms. The number of methoxy groups -OCH3 is 2. The fourth-order valence-electron chi connectivity index (χ4n) is 1.53. The Morgan fingerprint density at radius 3 is 2.65 bits per heavy atom. The van der Waals surface area contributed by atoms with Crippen LogP contribution in [0.4, 0.5) is 0 Å². The number of rotatable bonds is 7. The van der Waals surface area contributed by atoms with Crippen LogP contribution in [-0.4, -0.2) is 43.7 Å². The van der Waals surface area contributed by atoms with Gasteiger partial charge in [-0.2, -0.15) is 0 Å². The monoisotopic (exact) mass is 241 g/mol. The molecule has 0 unspecified atom stereocenters. The Hall–Kier alpha value is -1.30. The molecular weight excluding hydrogens is 222 g/mol. The van der Waals surface area contributed by atoms with Crippen LogP contribution in [0, 0.1) is 0 Å². The van der Waals surface area contributed by atoms with Crippen molar-refractivity contribution in [1.29, 1.82) is 0 Å². The van der Waals surface area contributed by atoms with E-state index >= 15 is 0 Å². The topological polar surface area (TPSA) is 71.0 Å². The number of hydrogen-bond acceptors (Lipinski definition) is 5. The van der Waals surface area contributed by atoms with Crippen molar-refractivity contribution >= 4 is 0 Å². The van der Waals surface area contributed by atoms with Crippen LogP contribution in [0.25, 0.3) is 0 Å². The van der Waals surface area contributed by atoms with Crippen LogP contribution >= 0.6 is 0 Å². The maximum absolute atomic E-state index is 9.19. The molecule has 0 amide bonds. The van der Waals surface area contributed by atoms with Gasteiger partial charge in [-0.25, -0.2) is 0 Å². The fourth-order valence-corrected chi connectivity index (χ4v) is 1.53. The van der Waals surface area contributed by atoms with Gasteiger partial charge in [0.15, 0.2) is 11.5 Å². The lowest BCUT2D eigenvalue weighted by atomic mass is 10.2. The molecule has 5 heteroatoms. The molecule has 0 aliphatic rings. The zero-order valence-electron chi connectivity index (χ0n) is 10.1. The van der Waals surface area contributed by atoms with Gasteiger partial charge >= 0.3 is 0 Å². The first-order valence-corrected chi connectivity index (χ1v) is 5.42. The molecule has 3 N–H and O–H groups in total. The van der Waals surface area contributed by atoms with Gasteiger partial charge in [0.2, 0.25) is 0 Å². The van der Waals surface area contributed by atoms with Crippen LogP contribution in [-0.2, 0) is 6.54 Å². The smallest absolute Gasteiger partial charge is 0.165 e. The normalized spacial score (nSPS) is 12.2. The molecule has 0 fully saturated rings. The molecule has 1 rings (SSSR count). The molecule has 0 aromatic heterocycles.